The summed E-state index contributed by atoms with van der Waals surface area (Å²) in [5.74, 6) is -0.606. The summed E-state index contributed by atoms with van der Waals surface area (Å²) >= 11 is 13.8. The minimum absolute atomic E-state index is 0.0361. The Bertz CT molecular complexity index is 1420. The molecule has 0 saturated carbocycles. The fourth-order valence-electron chi connectivity index (χ4n) is 3.79. The molecule has 0 aliphatic rings. The molecule has 190 valence electrons. The molecule has 0 saturated heterocycles. The Labute approximate surface area is 230 Å². The second kappa shape index (κ2) is 11.5. The molecule has 0 aliphatic heterocycles. The van der Waals surface area contributed by atoms with Gasteiger partial charge in [-0.1, -0.05) is 65.7 Å². The topological polar surface area (TPSA) is 58.6 Å². The average molecular weight is 554 g/mol. The molecule has 0 heterocycles. The number of carbonyl (C=O) groups is 2. The maximum atomic E-state index is 13.2. The van der Waals surface area contributed by atoms with Crippen LogP contribution in [0.3, 0.4) is 0 Å². The molecule has 0 aliphatic carbocycles. The molecule has 1 amide bonds. The number of halogens is 2. The SMILES string of the molecule is CC(C)(C)OC(=O)CN(Sc1cc(Cl)cc(Cl)c1)c1cccc2c(C(=O)Nc3ccccc3)cccc12. The number of amides is 1. The number of hydrogen-bond donors (Lipinski definition) is 1. The molecule has 0 unspecified atom stereocenters. The number of para-hydroxylation sites is 1. The van der Waals surface area contributed by atoms with Crippen LogP contribution in [-0.4, -0.2) is 24.0 Å². The Balaban J connectivity index is 1.74. The molecular weight excluding hydrogens is 527 g/mol. The maximum absolute atomic E-state index is 13.2. The number of nitrogens with one attached hydrogen (secondary N) is 1. The predicted octanol–water partition coefficient (Wildman–Crippen LogP) is 8.25. The van der Waals surface area contributed by atoms with E-state index in [0.717, 1.165) is 21.4 Å². The van der Waals surface area contributed by atoms with Crippen LogP contribution in [0.1, 0.15) is 31.1 Å². The van der Waals surface area contributed by atoms with Crippen molar-refractivity contribution in [2.24, 2.45) is 0 Å². The maximum Gasteiger partial charge on any atom is 0.327 e. The van der Waals surface area contributed by atoms with E-state index in [1.165, 1.54) is 11.9 Å². The third kappa shape index (κ3) is 7.19. The van der Waals surface area contributed by atoms with Gasteiger partial charge >= 0.3 is 5.97 Å². The van der Waals surface area contributed by atoms with Crippen LogP contribution < -0.4 is 9.62 Å². The number of esters is 1. The fourth-order valence-corrected chi connectivity index (χ4v) is 5.49. The Kier molecular flexibility index (Phi) is 8.32. The van der Waals surface area contributed by atoms with Gasteiger partial charge in [0.15, 0.2) is 0 Å². The van der Waals surface area contributed by atoms with Crippen molar-refractivity contribution in [3.05, 3.63) is 101 Å². The molecule has 0 atom stereocenters. The van der Waals surface area contributed by atoms with Gasteiger partial charge in [-0.2, -0.15) is 0 Å². The Morgan fingerprint density at radius 1 is 0.865 bits per heavy atom. The summed E-state index contributed by atoms with van der Waals surface area (Å²) in [6, 6.07) is 25.7. The van der Waals surface area contributed by atoms with Gasteiger partial charge in [-0.05, 0) is 80.6 Å². The Morgan fingerprint density at radius 3 is 2.19 bits per heavy atom. The lowest BCUT2D eigenvalue weighted by Gasteiger charge is -2.27. The first-order valence-electron chi connectivity index (χ1n) is 11.6. The number of carbonyl (C=O) groups excluding carboxylic acids is 2. The number of hydrogen-bond acceptors (Lipinski definition) is 5. The minimum Gasteiger partial charge on any atom is -0.459 e. The lowest BCUT2D eigenvalue weighted by atomic mass is 10.0. The van der Waals surface area contributed by atoms with Gasteiger partial charge in [0, 0.05) is 31.6 Å². The minimum atomic E-state index is -0.631. The molecule has 0 aromatic heterocycles. The summed E-state index contributed by atoms with van der Waals surface area (Å²) in [7, 11) is 0. The van der Waals surface area contributed by atoms with E-state index in [0.29, 0.717) is 21.3 Å². The molecule has 5 nitrogen and oxygen atoms in total. The Hall–Kier alpha value is -3.19. The van der Waals surface area contributed by atoms with Crippen LogP contribution in [0.25, 0.3) is 10.8 Å². The van der Waals surface area contributed by atoms with Gasteiger partial charge in [0.1, 0.15) is 12.1 Å². The summed E-state index contributed by atoms with van der Waals surface area (Å²) in [5, 5.41) is 5.50. The van der Waals surface area contributed by atoms with E-state index >= 15 is 0 Å². The van der Waals surface area contributed by atoms with Gasteiger partial charge in [-0.15, -0.1) is 0 Å². The number of rotatable bonds is 7. The largest absolute Gasteiger partial charge is 0.459 e. The first-order valence-corrected chi connectivity index (χ1v) is 13.1. The average Bonchev–Trinajstić information content (AvgIpc) is 2.81. The second-order valence-corrected chi connectivity index (χ2v) is 11.3. The first kappa shape index (κ1) is 26.9. The highest BCUT2D eigenvalue weighted by molar-refractivity contribution is 8.00. The number of ether oxygens (including phenoxy) is 1. The lowest BCUT2D eigenvalue weighted by Crippen LogP contribution is -2.31. The van der Waals surface area contributed by atoms with Crippen molar-refractivity contribution in [1.82, 2.24) is 0 Å². The summed E-state index contributed by atoms with van der Waals surface area (Å²) in [6.45, 7) is 5.45. The van der Waals surface area contributed by atoms with Crippen LogP contribution >= 0.6 is 35.1 Å². The molecule has 8 heteroatoms. The number of benzene rings is 4. The third-order valence-electron chi connectivity index (χ3n) is 5.19. The molecule has 4 aromatic rings. The van der Waals surface area contributed by atoms with Crippen molar-refractivity contribution in [3.63, 3.8) is 0 Å². The lowest BCUT2D eigenvalue weighted by molar-refractivity contribution is -0.152. The van der Waals surface area contributed by atoms with Crippen molar-refractivity contribution in [3.8, 4) is 0 Å². The van der Waals surface area contributed by atoms with Gasteiger partial charge in [0.25, 0.3) is 5.91 Å². The highest BCUT2D eigenvalue weighted by Gasteiger charge is 2.23. The highest BCUT2D eigenvalue weighted by Crippen LogP contribution is 2.37. The van der Waals surface area contributed by atoms with Crippen molar-refractivity contribution < 1.29 is 14.3 Å². The standard InChI is InChI=1S/C29H26Cl2N2O3S/c1-29(2,3)36-27(34)18-33(37-22-16-19(30)15-20(31)17-22)26-14-8-11-23-24(26)12-7-13-25(23)28(35)32-21-9-5-4-6-10-21/h4-17H,18H2,1-3H3,(H,32,35). The molecule has 4 rings (SSSR count). The molecule has 37 heavy (non-hydrogen) atoms. The predicted molar refractivity (Wildman–Crippen MR) is 154 cm³/mol. The zero-order chi connectivity index (χ0) is 26.6. The van der Waals surface area contributed by atoms with Crippen LogP contribution in [-0.2, 0) is 9.53 Å². The van der Waals surface area contributed by atoms with E-state index in [2.05, 4.69) is 5.32 Å². The molecule has 4 aromatic carbocycles. The Morgan fingerprint density at radius 2 is 1.51 bits per heavy atom. The number of anilines is 2. The van der Waals surface area contributed by atoms with E-state index < -0.39 is 5.60 Å². The normalized spacial score (nSPS) is 11.3. The van der Waals surface area contributed by atoms with E-state index in [9.17, 15) is 9.59 Å². The van der Waals surface area contributed by atoms with Crippen molar-refractivity contribution in [1.29, 1.82) is 0 Å². The summed E-state index contributed by atoms with van der Waals surface area (Å²) in [4.78, 5) is 26.8. The van der Waals surface area contributed by atoms with E-state index in [-0.39, 0.29) is 18.4 Å². The molecule has 0 bridgehead atoms. The zero-order valence-electron chi connectivity index (χ0n) is 20.6. The summed E-state index contributed by atoms with van der Waals surface area (Å²) < 4.78 is 7.44. The monoisotopic (exact) mass is 552 g/mol. The molecule has 0 radical (unpaired) electrons. The van der Waals surface area contributed by atoms with Gasteiger partial charge in [0.2, 0.25) is 0 Å². The van der Waals surface area contributed by atoms with Crippen LogP contribution in [0.4, 0.5) is 11.4 Å². The van der Waals surface area contributed by atoms with Crippen molar-refractivity contribution in [2.45, 2.75) is 31.3 Å². The molecular formula is C29H26Cl2N2O3S. The van der Waals surface area contributed by atoms with Gasteiger partial charge in [-0.25, -0.2) is 0 Å². The second-order valence-electron chi connectivity index (χ2n) is 9.32. The summed E-state index contributed by atoms with van der Waals surface area (Å²) in [6.07, 6.45) is 0. The zero-order valence-corrected chi connectivity index (χ0v) is 23.0. The third-order valence-corrected chi connectivity index (χ3v) is 6.62. The van der Waals surface area contributed by atoms with E-state index in [4.69, 9.17) is 27.9 Å². The van der Waals surface area contributed by atoms with Crippen LogP contribution in [0.5, 0.6) is 0 Å². The van der Waals surface area contributed by atoms with Crippen molar-refractivity contribution >= 4 is 69.2 Å². The molecule has 0 spiro atoms. The van der Waals surface area contributed by atoms with E-state index in [1.807, 2.05) is 85.7 Å². The first-order chi connectivity index (χ1) is 17.6. The highest BCUT2D eigenvalue weighted by atomic mass is 35.5. The molecule has 1 N–H and O–H groups in total. The molecule has 0 fully saturated rings. The van der Waals surface area contributed by atoms with Gasteiger partial charge in [0.05, 0.1) is 5.69 Å². The quantitative estimate of drug-likeness (QED) is 0.184. The van der Waals surface area contributed by atoms with Crippen molar-refractivity contribution in [2.75, 3.05) is 16.2 Å². The van der Waals surface area contributed by atoms with Gasteiger partial charge in [-0.3, -0.25) is 9.59 Å². The summed E-state index contributed by atoms with van der Waals surface area (Å²) in [5.41, 5.74) is 1.35. The van der Waals surface area contributed by atoms with Crippen LogP contribution in [0.15, 0.2) is 89.8 Å². The van der Waals surface area contributed by atoms with Crippen LogP contribution in [0, 0.1) is 0 Å². The van der Waals surface area contributed by atoms with E-state index in [1.54, 1.807) is 24.3 Å². The smallest absolute Gasteiger partial charge is 0.327 e. The van der Waals surface area contributed by atoms with Gasteiger partial charge < -0.3 is 14.4 Å². The number of fused-ring (bicyclic) bond motifs is 1. The van der Waals surface area contributed by atoms with Crippen LogP contribution in [0.2, 0.25) is 10.0 Å². The fraction of sp³-hybridized carbons (Fsp3) is 0.172. The number of nitrogens with zero attached hydrogens (tertiary/aromatic N) is 1.